The molecule has 1 aromatic rings. The zero-order valence-electron chi connectivity index (χ0n) is 10.6. The van der Waals surface area contributed by atoms with E-state index in [1.54, 1.807) is 0 Å². The number of halogens is 2. The number of carboxylic acid groups (broad SMARTS) is 1. The zero-order chi connectivity index (χ0) is 15.1. The highest BCUT2D eigenvalue weighted by molar-refractivity contribution is 7.89. The molecule has 1 unspecified atom stereocenters. The van der Waals surface area contributed by atoms with Crippen molar-refractivity contribution >= 4 is 27.6 Å². The predicted molar refractivity (Wildman–Crippen MR) is 70.9 cm³/mol. The first-order valence-corrected chi connectivity index (χ1v) is 7.77. The third kappa shape index (κ3) is 2.65. The van der Waals surface area contributed by atoms with Crippen LogP contribution < -0.4 is 0 Å². The van der Waals surface area contributed by atoms with Crippen molar-refractivity contribution in [1.29, 1.82) is 0 Å². The maximum absolute atomic E-state index is 13.6. The molecule has 1 N–H and O–H groups in total. The minimum absolute atomic E-state index is 0.223. The number of hydrogen-bond acceptors (Lipinski definition) is 3. The van der Waals surface area contributed by atoms with Gasteiger partial charge in [0.2, 0.25) is 10.0 Å². The van der Waals surface area contributed by atoms with Crippen molar-refractivity contribution in [3.8, 4) is 0 Å². The van der Waals surface area contributed by atoms with E-state index in [0.717, 1.165) is 18.6 Å². The second-order valence-electron chi connectivity index (χ2n) is 4.83. The van der Waals surface area contributed by atoms with Crippen LogP contribution in [0.2, 0.25) is 5.02 Å². The minimum Gasteiger partial charge on any atom is -0.478 e. The molecule has 1 aromatic carbocycles. The summed E-state index contributed by atoms with van der Waals surface area (Å²) in [6.07, 6.45) is 0.723. The maximum Gasteiger partial charge on any atom is 0.337 e. The number of carbonyl (C=O) groups is 1. The maximum atomic E-state index is 13.6. The van der Waals surface area contributed by atoms with E-state index in [2.05, 4.69) is 0 Å². The van der Waals surface area contributed by atoms with Gasteiger partial charge in [0, 0.05) is 13.1 Å². The molecule has 1 fully saturated rings. The Hall–Kier alpha value is -1.18. The molecular formula is C12H13ClFNO4S. The summed E-state index contributed by atoms with van der Waals surface area (Å²) in [6.45, 7) is 2.60. The van der Waals surface area contributed by atoms with Crippen molar-refractivity contribution < 1.29 is 22.7 Å². The summed E-state index contributed by atoms with van der Waals surface area (Å²) >= 11 is 5.53. The Morgan fingerprint density at radius 2 is 2.15 bits per heavy atom. The Morgan fingerprint density at radius 1 is 1.50 bits per heavy atom. The van der Waals surface area contributed by atoms with E-state index in [9.17, 15) is 17.6 Å². The first-order valence-electron chi connectivity index (χ1n) is 5.96. The van der Waals surface area contributed by atoms with Crippen LogP contribution in [0, 0.1) is 11.7 Å². The molecule has 0 radical (unpaired) electrons. The highest BCUT2D eigenvalue weighted by atomic mass is 35.5. The smallest absolute Gasteiger partial charge is 0.337 e. The van der Waals surface area contributed by atoms with Crippen LogP contribution in [-0.2, 0) is 10.0 Å². The van der Waals surface area contributed by atoms with E-state index in [-0.39, 0.29) is 10.8 Å². The lowest BCUT2D eigenvalue weighted by Gasteiger charge is -2.16. The summed E-state index contributed by atoms with van der Waals surface area (Å²) in [5.74, 6) is -2.31. The molecule has 1 saturated heterocycles. The monoisotopic (exact) mass is 321 g/mol. The van der Waals surface area contributed by atoms with E-state index < -0.39 is 32.4 Å². The molecule has 0 saturated carbocycles. The van der Waals surface area contributed by atoms with Gasteiger partial charge in [-0.25, -0.2) is 17.6 Å². The highest BCUT2D eigenvalue weighted by Crippen LogP contribution is 2.28. The Balaban J connectivity index is 2.50. The normalized spacial score (nSPS) is 20.2. The van der Waals surface area contributed by atoms with E-state index in [4.69, 9.17) is 16.7 Å². The van der Waals surface area contributed by atoms with Gasteiger partial charge in [-0.15, -0.1) is 0 Å². The molecule has 1 heterocycles. The second kappa shape index (κ2) is 5.31. The lowest BCUT2D eigenvalue weighted by Crippen LogP contribution is -2.29. The SMILES string of the molecule is CC1CCN(S(=O)(=O)c2cc(F)c(Cl)c(C(=O)O)c2)C1. The summed E-state index contributed by atoms with van der Waals surface area (Å²) in [5, 5.41) is 8.34. The molecule has 0 bridgehead atoms. The van der Waals surface area contributed by atoms with Gasteiger partial charge in [-0.3, -0.25) is 0 Å². The number of rotatable bonds is 3. The molecule has 20 heavy (non-hydrogen) atoms. The van der Waals surface area contributed by atoms with Gasteiger partial charge in [-0.2, -0.15) is 4.31 Å². The first kappa shape index (κ1) is 15.2. The molecule has 1 aliphatic heterocycles. The summed E-state index contributed by atoms with van der Waals surface area (Å²) in [4.78, 5) is 10.6. The van der Waals surface area contributed by atoms with Crippen molar-refractivity contribution in [2.75, 3.05) is 13.1 Å². The van der Waals surface area contributed by atoms with Gasteiger partial charge in [0.25, 0.3) is 0 Å². The molecule has 110 valence electrons. The molecule has 0 amide bonds. The Morgan fingerprint density at radius 3 is 2.65 bits per heavy atom. The average molecular weight is 322 g/mol. The lowest BCUT2D eigenvalue weighted by molar-refractivity contribution is 0.0696. The fourth-order valence-corrected chi connectivity index (χ4v) is 3.93. The number of hydrogen-bond donors (Lipinski definition) is 1. The average Bonchev–Trinajstić information content (AvgIpc) is 2.79. The second-order valence-corrected chi connectivity index (χ2v) is 7.14. The molecule has 0 spiro atoms. The zero-order valence-corrected chi connectivity index (χ0v) is 12.2. The largest absolute Gasteiger partial charge is 0.478 e. The van der Waals surface area contributed by atoms with Gasteiger partial charge in [0.15, 0.2) is 0 Å². The molecule has 1 atom stereocenters. The van der Waals surface area contributed by atoms with Crippen molar-refractivity contribution in [2.24, 2.45) is 5.92 Å². The van der Waals surface area contributed by atoms with Crippen LogP contribution in [0.15, 0.2) is 17.0 Å². The van der Waals surface area contributed by atoms with Crippen LogP contribution in [0.1, 0.15) is 23.7 Å². The third-order valence-electron chi connectivity index (χ3n) is 3.26. The Kier molecular flexibility index (Phi) is 4.04. The van der Waals surface area contributed by atoms with E-state index in [1.807, 2.05) is 6.92 Å². The topological polar surface area (TPSA) is 74.7 Å². The van der Waals surface area contributed by atoms with Gasteiger partial charge < -0.3 is 5.11 Å². The summed E-state index contributed by atoms with van der Waals surface area (Å²) in [6, 6.07) is 1.65. The Bertz CT molecular complexity index is 662. The van der Waals surface area contributed by atoms with Crippen molar-refractivity contribution in [2.45, 2.75) is 18.2 Å². The number of benzene rings is 1. The molecular weight excluding hydrogens is 309 g/mol. The third-order valence-corrected chi connectivity index (χ3v) is 5.48. The van der Waals surface area contributed by atoms with Gasteiger partial charge in [-0.05, 0) is 24.5 Å². The summed E-state index contributed by atoms with van der Waals surface area (Å²) in [7, 11) is -3.90. The molecule has 5 nitrogen and oxygen atoms in total. The predicted octanol–water partition coefficient (Wildman–Crippen LogP) is 2.21. The molecule has 8 heteroatoms. The van der Waals surface area contributed by atoms with Crippen LogP contribution in [0.25, 0.3) is 0 Å². The number of aromatic carboxylic acids is 1. The van der Waals surface area contributed by atoms with Crippen LogP contribution in [0.4, 0.5) is 4.39 Å². The minimum atomic E-state index is -3.90. The van der Waals surface area contributed by atoms with Gasteiger partial charge >= 0.3 is 5.97 Å². The number of carboxylic acids is 1. The molecule has 1 aliphatic rings. The van der Waals surface area contributed by atoms with Crippen molar-refractivity contribution in [3.05, 3.63) is 28.5 Å². The van der Waals surface area contributed by atoms with E-state index in [1.165, 1.54) is 4.31 Å². The summed E-state index contributed by atoms with van der Waals surface area (Å²) < 4.78 is 39.5. The Labute approximate surface area is 121 Å². The number of sulfonamides is 1. The quantitative estimate of drug-likeness (QED) is 0.926. The number of nitrogens with zero attached hydrogens (tertiary/aromatic N) is 1. The molecule has 0 aliphatic carbocycles. The fourth-order valence-electron chi connectivity index (χ4n) is 2.13. The highest BCUT2D eigenvalue weighted by Gasteiger charge is 2.32. The standard InChI is InChI=1S/C12H13ClFNO4S/c1-7-2-3-15(6-7)20(18,19)8-4-9(12(16)17)11(13)10(14)5-8/h4-5,7H,2-3,6H2,1H3,(H,16,17). The van der Waals surface area contributed by atoms with E-state index >= 15 is 0 Å². The lowest BCUT2D eigenvalue weighted by atomic mass is 10.2. The first-order chi connectivity index (χ1) is 9.23. The molecule has 2 rings (SSSR count). The van der Waals surface area contributed by atoms with Gasteiger partial charge in [-0.1, -0.05) is 18.5 Å². The van der Waals surface area contributed by atoms with E-state index in [0.29, 0.717) is 13.1 Å². The molecule has 0 aromatic heterocycles. The van der Waals surface area contributed by atoms with Crippen LogP contribution in [-0.4, -0.2) is 36.9 Å². The van der Waals surface area contributed by atoms with Crippen LogP contribution >= 0.6 is 11.6 Å². The summed E-state index contributed by atoms with van der Waals surface area (Å²) in [5.41, 5.74) is -0.558. The fraction of sp³-hybridized carbons (Fsp3) is 0.417. The van der Waals surface area contributed by atoms with Crippen LogP contribution in [0.3, 0.4) is 0 Å². The van der Waals surface area contributed by atoms with Crippen molar-refractivity contribution in [3.63, 3.8) is 0 Å². The van der Waals surface area contributed by atoms with Crippen molar-refractivity contribution in [1.82, 2.24) is 4.31 Å². The van der Waals surface area contributed by atoms with Gasteiger partial charge in [0.1, 0.15) is 5.82 Å². The van der Waals surface area contributed by atoms with Gasteiger partial charge in [0.05, 0.1) is 15.5 Å². The van der Waals surface area contributed by atoms with Crippen LogP contribution in [0.5, 0.6) is 0 Å².